The van der Waals surface area contributed by atoms with E-state index in [0.717, 1.165) is 25.7 Å². The molecular formula is C12H17NO4. The van der Waals surface area contributed by atoms with E-state index in [0.29, 0.717) is 13.0 Å². The van der Waals surface area contributed by atoms with Gasteiger partial charge in [-0.25, -0.2) is 4.79 Å². The second-order valence-corrected chi connectivity index (χ2v) is 5.24. The molecule has 3 aliphatic heterocycles. The van der Waals surface area contributed by atoms with Crippen molar-refractivity contribution in [2.24, 2.45) is 5.92 Å². The van der Waals surface area contributed by atoms with Crippen LogP contribution in [-0.4, -0.2) is 46.7 Å². The van der Waals surface area contributed by atoms with E-state index in [2.05, 4.69) is 0 Å². The average molecular weight is 239 g/mol. The van der Waals surface area contributed by atoms with E-state index in [9.17, 15) is 9.59 Å². The van der Waals surface area contributed by atoms with Crippen LogP contribution in [0.3, 0.4) is 0 Å². The number of aliphatic carboxylic acids is 1. The predicted molar refractivity (Wildman–Crippen MR) is 58.4 cm³/mol. The highest BCUT2D eigenvalue weighted by molar-refractivity contribution is 5.86. The average Bonchev–Trinajstić information content (AvgIpc) is 3.02. The molecular weight excluding hydrogens is 222 g/mol. The Morgan fingerprint density at radius 3 is 2.65 bits per heavy atom. The third-order valence-electron chi connectivity index (χ3n) is 4.24. The number of hydrogen-bond donors (Lipinski definition) is 1. The number of carboxylic acids is 1. The van der Waals surface area contributed by atoms with Crippen LogP contribution in [0.25, 0.3) is 0 Å². The van der Waals surface area contributed by atoms with E-state index >= 15 is 0 Å². The molecule has 0 aromatic carbocycles. The van der Waals surface area contributed by atoms with Gasteiger partial charge in [0, 0.05) is 6.54 Å². The van der Waals surface area contributed by atoms with Gasteiger partial charge in [0.15, 0.2) is 0 Å². The molecule has 4 atom stereocenters. The fourth-order valence-corrected chi connectivity index (χ4v) is 3.40. The molecule has 0 saturated carbocycles. The molecule has 0 aliphatic carbocycles. The summed E-state index contributed by atoms with van der Waals surface area (Å²) in [6.45, 7) is 0.587. The largest absolute Gasteiger partial charge is 0.480 e. The van der Waals surface area contributed by atoms with Crippen LogP contribution in [0.2, 0.25) is 0 Å². The summed E-state index contributed by atoms with van der Waals surface area (Å²) in [5.41, 5.74) is 0. The van der Waals surface area contributed by atoms with Gasteiger partial charge in [-0.05, 0) is 32.1 Å². The van der Waals surface area contributed by atoms with E-state index in [-0.39, 0.29) is 24.0 Å². The molecule has 94 valence electrons. The predicted octanol–water partition coefficient (Wildman–Crippen LogP) is 0.629. The highest BCUT2D eigenvalue weighted by atomic mass is 16.5. The van der Waals surface area contributed by atoms with Gasteiger partial charge >= 0.3 is 5.97 Å². The number of fused-ring (bicyclic) bond motifs is 2. The second kappa shape index (κ2) is 3.98. The number of nitrogens with zero attached hydrogens (tertiary/aromatic N) is 1. The summed E-state index contributed by atoms with van der Waals surface area (Å²) < 4.78 is 5.67. The Kier molecular flexibility index (Phi) is 2.58. The van der Waals surface area contributed by atoms with Crippen LogP contribution in [0, 0.1) is 5.92 Å². The summed E-state index contributed by atoms with van der Waals surface area (Å²) in [7, 11) is 0. The Bertz CT molecular complexity index is 356. The van der Waals surface area contributed by atoms with E-state index < -0.39 is 12.0 Å². The van der Waals surface area contributed by atoms with Gasteiger partial charge in [-0.1, -0.05) is 0 Å². The number of carboxylic acid groups (broad SMARTS) is 1. The number of carbonyl (C=O) groups excluding carboxylic acids is 1. The summed E-state index contributed by atoms with van der Waals surface area (Å²) in [4.78, 5) is 25.0. The van der Waals surface area contributed by atoms with Crippen molar-refractivity contribution >= 4 is 11.9 Å². The molecule has 0 aromatic rings. The molecule has 3 fully saturated rings. The molecule has 2 bridgehead atoms. The van der Waals surface area contributed by atoms with Crippen LogP contribution >= 0.6 is 0 Å². The van der Waals surface area contributed by atoms with Crippen molar-refractivity contribution in [3.8, 4) is 0 Å². The number of hydrogen-bond acceptors (Lipinski definition) is 3. The number of rotatable bonds is 2. The molecule has 0 spiro atoms. The van der Waals surface area contributed by atoms with Crippen LogP contribution in [0.4, 0.5) is 0 Å². The monoisotopic (exact) mass is 239 g/mol. The number of carbonyl (C=O) groups is 2. The van der Waals surface area contributed by atoms with Gasteiger partial charge in [0.1, 0.15) is 6.04 Å². The molecule has 5 nitrogen and oxygen atoms in total. The zero-order chi connectivity index (χ0) is 12.0. The first kappa shape index (κ1) is 11.0. The lowest BCUT2D eigenvalue weighted by Gasteiger charge is -2.27. The molecule has 0 aromatic heterocycles. The summed E-state index contributed by atoms with van der Waals surface area (Å²) in [5.74, 6) is -0.962. The van der Waals surface area contributed by atoms with E-state index in [4.69, 9.17) is 9.84 Å². The number of amides is 1. The third-order valence-corrected chi connectivity index (χ3v) is 4.24. The van der Waals surface area contributed by atoms with Crippen molar-refractivity contribution in [3.63, 3.8) is 0 Å². The molecule has 3 unspecified atom stereocenters. The van der Waals surface area contributed by atoms with Crippen LogP contribution in [0.15, 0.2) is 0 Å². The Hall–Kier alpha value is -1.10. The zero-order valence-corrected chi connectivity index (χ0v) is 9.67. The topological polar surface area (TPSA) is 66.8 Å². The van der Waals surface area contributed by atoms with E-state index in [1.807, 2.05) is 0 Å². The maximum atomic E-state index is 12.3. The Morgan fingerprint density at radius 1 is 1.24 bits per heavy atom. The van der Waals surface area contributed by atoms with Crippen molar-refractivity contribution < 1.29 is 19.4 Å². The normalized spacial score (nSPS) is 39.9. The minimum atomic E-state index is -0.875. The minimum absolute atomic E-state index is 0.00194. The molecule has 3 aliphatic rings. The Labute approximate surface area is 99.7 Å². The van der Waals surface area contributed by atoms with Gasteiger partial charge in [-0.2, -0.15) is 0 Å². The standard InChI is InChI=1S/C12H17NO4/c14-11(8-6-7-3-4-10(8)17-7)13-5-1-2-9(13)12(15)16/h7-10H,1-6H2,(H,15,16)/t7?,8?,9-,10?/m1/s1. The second-order valence-electron chi connectivity index (χ2n) is 5.24. The molecule has 17 heavy (non-hydrogen) atoms. The van der Waals surface area contributed by atoms with E-state index in [1.54, 1.807) is 4.90 Å². The van der Waals surface area contributed by atoms with Gasteiger partial charge in [-0.15, -0.1) is 0 Å². The summed E-state index contributed by atoms with van der Waals surface area (Å²) in [5, 5.41) is 9.08. The Balaban J connectivity index is 1.71. The smallest absolute Gasteiger partial charge is 0.326 e. The first-order valence-corrected chi connectivity index (χ1v) is 6.35. The maximum absolute atomic E-state index is 12.3. The highest BCUT2D eigenvalue weighted by Gasteiger charge is 2.48. The lowest BCUT2D eigenvalue weighted by Crippen LogP contribution is -2.45. The van der Waals surface area contributed by atoms with Crippen molar-refractivity contribution in [1.29, 1.82) is 0 Å². The molecule has 1 N–H and O–H groups in total. The zero-order valence-electron chi connectivity index (χ0n) is 9.67. The van der Waals surface area contributed by atoms with Crippen molar-refractivity contribution in [2.45, 2.75) is 50.4 Å². The summed E-state index contributed by atoms with van der Waals surface area (Å²) >= 11 is 0. The van der Waals surface area contributed by atoms with Gasteiger partial charge in [0.25, 0.3) is 0 Å². The minimum Gasteiger partial charge on any atom is -0.480 e. The number of ether oxygens (including phenoxy) is 1. The molecule has 1 amide bonds. The summed E-state index contributed by atoms with van der Waals surface area (Å²) in [6.07, 6.45) is 4.45. The van der Waals surface area contributed by atoms with Gasteiger partial charge in [0.05, 0.1) is 18.1 Å². The first-order chi connectivity index (χ1) is 8.16. The Morgan fingerprint density at radius 2 is 2.06 bits per heavy atom. The quantitative estimate of drug-likeness (QED) is 0.767. The molecule has 0 radical (unpaired) electrons. The first-order valence-electron chi connectivity index (χ1n) is 6.35. The van der Waals surface area contributed by atoms with Crippen molar-refractivity contribution in [1.82, 2.24) is 4.90 Å². The van der Waals surface area contributed by atoms with Gasteiger partial charge in [0.2, 0.25) is 5.91 Å². The fourth-order valence-electron chi connectivity index (χ4n) is 3.40. The number of likely N-dealkylation sites (tertiary alicyclic amines) is 1. The SMILES string of the molecule is O=C(O)[C@H]1CCCN1C(=O)C1CC2CCC1O2. The van der Waals surface area contributed by atoms with Crippen LogP contribution in [0.5, 0.6) is 0 Å². The molecule has 3 saturated heterocycles. The lowest BCUT2D eigenvalue weighted by atomic mass is 9.88. The third kappa shape index (κ3) is 1.73. The van der Waals surface area contributed by atoms with Crippen molar-refractivity contribution in [3.05, 3.63) is 0 Å². The van der Waals surface area contributed by atoms with E-state index in [1.165, 1.54) is 0 Å². The molecule has 5 heteroatoms. The van der Waals surface area contributed by atoms with Crippen molar-refractivity contribution in [2.75, 3.05) is 6.54 Å². The highest BCUT2D eigenvalue weighted by Crippen LogP contribution is 2.40. The lowest BCUT2D eigenvalue weighted by molar-refractivity contribution is -0.150. The van der Waals surface area contributed by atoms with Crippen LogP contribution in [0.1, 0.15) is 32.1 Å². The molecule has 3 heterocycles. The summed E-state index contributed by atoms with van der Waals surface area (Å²) in [6, 6.07) is -0.610. The maximum Gasteiger partial charge on any atom is 0.326 e. The van der Waals surface area contributed by atoms with Crippen LogP contribution in [-0.2, 0) is 14.3 Å². The fraction of sp³-hybridized carbons (Fsp3) is 0.833. The van der Waals surface area contributed by atoms with Gasteiger partial charge < -0.3 is 14.7 Å². The van der Waals surface area contributed by atoms with Crippen LogP contribution < -0.4 is 0 Å². The molecule has 3 rings (SSSR count). The van der Waals surface area contributed by atoms with Gasteiger partial charge in [-0.3, -0.25) is 4.79 Å².